The van der Waals surface area contributed by atoms with Gasteiger partial charge in [0.25, 0.3) is 0 Å². The van der Waals surface area contributed by atoms with Gasteiger partial charge in [-0.2, -0.15) is 0 Å². The molecule has 4 saturated carbocycles. The first-order chi connectivity index (χ1) is 17.1. The average Bonchev–Trinajstić information content (AvgIpc) is 3.21. The van der Waals surface area contributed by atoms with Crippen molar-refractivity contribution in [2.75, 3.05) is 0 Å². The topological polar surface area (TPSA) is 20.2 Å². The van der Waals surface area contributed by atoms with Crippen LogP contribution < -0.4 is 0 Å². The number of aliphatic hydroxyl groups is 1. The van der Waals surface area contributed by atoms with E-state index in [9.17, 15) is 5.11 Å². The Bertz CT molecular complexity index is 954. The second-order valence-corrected chi connectivity index (χ2v) is 14.5. The highest BCUT2D eigenvalue weighted by Gasteiger charge is 2.61. The van der Waals surface area contributed by atoms with Gasteiger partial charge in [0.2, 0.25) is 0 Å². The first-order valence-electron chi connectivity index (χ1n) is 15.5. The molecule has 0 spiro atoms. The Labute approximate surface area is 222 Å². The molecule has 0 aliphatic heterocycles. The second kappa shape index (κ2) is 10.1. The normalized spacial score (nSPS) is 42.6. The minimum Gasteiger partial charge on any atom is -0.378 e. The highest BCUT2D eigenvalue weighted by Crippen LogP contribution is 2.68. The van der Waals surface area contributed by atoms with E-state index in [1.807, 2.05) is 30.3 Å². The first kappa shape index (κ1) is 26.4. The average molecular weight is 489 g/mol. The highest BCUT2D eigenvalue weighted by atomic mass is 16.3. The minimum absolute atomic E-state index is 0.395. The van der Waals surface area contributed by atoms with Crippen molar-refractivity contribution < 1.29 is 5.11 Å². The number of hydrogen-bond acceptors (Lipinski definition) is 1. The van der Waals surface area contributed by atoms with Crippen LogP contribution in [0, 0.1) is 64.1 Å². The van der Waals surface area contributed by atoms with Crippen LogP contribution in [0.4, 0.5) is 0 Å². The molecule has 4 aliphatic carbocycles. The molecule has 0 amide bonds. The molecule has 1 heteroatoms. The van der Waals surface area contributed by atoms with Crippen LogP contribution in [0.5, 0.6) is 0 Å². The van der Waals surface area contributed by atoms with Gasteiger partial charge >= 0.3 is 0 Å². The zero-order chi connectivity index (χ0) is 25.6. The first-order valence-corrected chi connectivity index (χ1v) is 15.5. The highest BCUT2D eigenvalue weighted by molar-refractivity contribution is 5.36. The fourth-order valence-corrected chi connectivity index (χ4v) is 10.1. The van der Waals surface area contributed by atoms with Crippen LogP contribution in [0.3, 0.4) is 0 Å². The summed E-state index contributed by atoms with van der Waals surface area (Å²) in [6, 6.07) is 10.2. The van der Waals surface area contributed by atoms with Crippen molar-refractivity contribution in [1.82, 2.24) is 0 Å². The summed E-state index contributed by atoms with van der Waals surface area (Å²) in [5, 5.41) is 11.5. The van der Waals surface area contributed by atoms with Gasteiger partial charge in [-0.05, 0) is 122 Å². The molecule has 198 valence electrons. The Morgan fingerprint density at radius 1 is 0.861 bits per heavy atom. The Morgan fingerprint density at radius 3 is 2.36 bits per heavy atom. The van der Waals surface area contributed by atoms with Gasteiger partial charge in [0, 0.05) is 5.56 Å². The minimum atomic E-state index is -0.806. The molecule has 36 heavy (non-hydrogen) atoms. The van der Waals surface area contributed by atoms with Crippen molar-refractivity contribution in [2.24, 2.45) is 52.3 Å². The molecular formula is C35H52O. The van der Waals surface area contributed by atoms with Gasteiger partial charge in [-0.25, -0.2) is 0 Å². The fraction of sp³-hybridized carbons (Fsp3) is 0.771. The Hall–Kier alpha value is -1.26. The van der Waals surface area contributed by atoms with Crippen LogP contribution in [0.15, 0.2) is 30.3 Å². The third kappa shape index (κ3) is 4.82. The van der Waals surface area contributed by atoms with Crippen LogP contribution in [0.1, 0.15) is 117 Å². The van der Waals surface area contributed by atoms with E-state index in [-0.39, 0.29) is 0 Å². The number of rotatable bonds is 5. The molecule has 0 aromatic heterocycles. The SMILES string of the molecule is CC(C)CCC[C@@H](C)[C@H]1CC[C@@H]2[C@H]3CC[C@@H]4C[C@@](O)(C#Cc5ccccc5)CC[C@]4(C)[C@H]3CC[C@@]21C. The van der Waals surface area contributed by atoms with Gasteiger partial charge in [-0.15, -0.1) is 0 Å². The molecular weight excluding hydrogens is 436 g/mol. The number of fused-ring (bicyclic) bond motifs is 5. The smallest absolute Gasteiger partial charge is 0.126 e. The van der Waals surface area contributed by atoms with Crippen LogP contribution in [-0.2, 0) is 0 Å². The van der Waals surface area contributed by atoms with Gasteiger partial charge in [0.15, 0.2) is 0 Å². The molecule has 1 nitrogen and oxygen atoms in total. The van der Waals surface area contributed by atoms with Gasteiger partial charge in [-0.1, -0.05) is 83.9 Å². The van der Waals surface area contributed by atoms with Crippen LogP contribution in [0.25, 0.3) is 0 Å². The van der Waals surface area contributed by atoms with E-state index in [1.54, 1.807) is 0 Å². The summed E-state index contributed by atoms with van der Waals surface area (Å²) in [6.45, 7) is 12.6. The molecule has 0 heterocycles. The lowest BCUT2D eigenvalue weighted by Gasteiger charge is -2.62. The van der Waals surface area contributed by atoms with E-state index in [2.05, 4.69) is 46.5 Å². The Balaban J connectivity index is 1.27. The lowest BCUT2D eigenvalue weighted by molar-refractivity contribution is -0.140. The van der Waals surface area contributed by atoms with E-state index in [1.165, 1.54) is 57.8 Å². The lowest BCUT2D eigenvalue weighted by Crippen LogP contribution is -2.55. The summed E-state index contributed by atoms with van der Waals surface area (Å²) < 4.78 is 0. The van der Waals surface area contributed by atoms with Gasteiger partial charge < -0.3 is 5.11 Å². The molecule has 0 unspecified atom stereocenters. The third-order valence-electron chi connectivity index (χ3n) is 12.1. The summed E-state index contributed by atoms with van der Waals surface area (Å²) in [4.78, 5) is 0. The predicted octanol–water partition coefficient (Wildman–Crippen LogP) is 8.89. The van der Waals surface area contributed by atoms with Gasteiger partial charge in [0.05, 0.1) is 0 Å². The third-order valence-corrected chi connectivity index (χ3v) is 12.1. The quantitative estimate of drug-likeness (QED) is 0.410. The molecule has 0 saturated heterocycles. The van der Waals surface area contributed by atoms with Crippen molar-refractivity contribution >= 4 is 0 Å². The molecule has 1 aromatic rings. The molecule has 0 radical (unpaired) electrons. The molecule has 1 N–H and O–H groups in total. The lowest BCUT2D eigenvalue weighted by atomic mass is 9.43. The second-order valence-electron chi connectivity index (χ2n) is 14.5. The van der Waals surface area contributed by atoms with Gasteiger partial charge in [-0.3, -0.25) is 0 Å². The van der Waals surface area contributed by atoms with Crippen molar-refractivity contribution in [3.63, 3.8) is 0 Å². The van der Waals surface area contributed by atoms with E-state index in [0.717, 1.165) is 60.3 Å². The van der Waals surface area contributed by atoms with Crippen molar-refractivity contribution in [3.05, 3.63) is 35.9 Å². The molecule has 9 atom stereocenters. The van der Waals surface area contributed by atoms with E-state index >= 15 is 0 Å². The van der Waals surface area contributed by atoms with E-state index in [4.69, 9.17) is 0 Å². The molecule has 0 bridgehead atoms. The summed E-state index contributed by atoms with van der Waals surface area (Å²) in [5.41, 5.74) is 1.17. The maximum Gasteiger partial charge on any atom is 0.126 e. The maximum absolute atomic E-state index is 11.5. The standard InChI is InChI=1S/C35H52O/c1-25(2)10-9-11-26(3)30-16-17-31-29-15-14-28-24-35(36,21-18-27-12-7-6-8-13-27)23-22-33(28,4)32(29)19-20-34(30,31)5/h6-8,12-13,25-26,28-32,36H,9-11,14-17,19-20,22-24H2,1-5H3/t26-,28-,29-,30-,31-,32+,33+,34-,35-/m1/s1. The summed E-state index contributed by atoms with van der Waals surface area (Å²) >= 11 is 0. The largest absolute Gasteiger partial charge is 0.378 e. The van der Waals surface area contributed by atoms with Crippen molar-refractivity contribution in [1.29, 1.82) is 0 Å². The zero-order valence-electron chi connectivity index (χ0n) is 23.9. The monoisotopic (exact) mass is 488 g/mol. The summed E-state index contributed by atoms with van der Waals surface area (Å²) in [7, 11) is 0. The zero-order valence-corrected chi connectivity index (χ0v) is 23.9. The van der Waals surface area contributed by atoms with Crippen LogP contribution in [-0.4, -0.2) is 10.7 Å². The van der Waals surface area contributed by atoms with Crippen molar-refractivity contribution in [3.8, 4) is 11.8 Å². The summed E-state index contributed by atoms with van der Waals surface area (Å²) in [5.74, 6) is 12.6. The Morgan fingerprint density at radius 2 is 1.61 bits per heavy atom. The molecule has 1 aromatic carbocycles. The Kier molecular flexibility index (Phi) is 7.42. The predicted molar refractivity (Wildman–Crippen MR) is 151 cm³/mol. The number of benzene rings is 1. The summed E-state index contributed by atoms with van der Waals surface area (Å²) in [6.07, 6.45) is 15.6. The molecule has 4 aliphatic rings. The van der Waals surface area contributed by atoms with Gasteiger partial charge in [0.1, 0.15) is 5.60 Å². The van der Waals surface area contributed by atoms with E-state index < -0.39 is 5.60 Å². The number of hydrogen-bond donors (Lipinski definition) is 1. The van der Waals surface area contributed by atoms with Crippen LogP contribution >= 0.6 is 0 Å². The molecule has 4 fully saturated rings. The van der Waals surface area contributed by atoms with Crippen molar-refractivity contribution in [2.45, 2.75) is 117 Å². The van der Waals surface area contributed by atoms with E-state index in [0.29, 0.717) is 16.7 Å². The van der Waals surface area contributed by atoms with Crippen LogP contribution in [0.2, 0.25) is 0 Å². The molecule has 5 rings (SSSR count). The fourth-order valence-electron chi connectivity index (χ4n) is 10.1. The maximum atomic E-state index is 11.5.